The zero-order chi connectivity index (χ0) is 14.6. The van der Waals surface area contributed by atoms with Crippen LogP contribution in [-0.4, -0.2) is 29.6 Å². The topological polar surface area (TPSA) is 91.6 Å². The zero-order valence-electron chi connectivity index (χ0n) is 10.1. The SMILES string of the molecule is CCOC(=O)c1cc(OC)c([N+](=O)[O-])nc1C(F)F. The average molecular weight is 276 g/mol. The Balaban J connectivity index is 3.44. The van der Waals surface area contributed by atoms with E-state index in [4.69, 9.17) is 0 Å². The number of carbonyl (C=O) groups excluding carboxylic acids is 1. The number of methoxy groups -OCH3 is 1. The molecule has 0 saturated carbocycles. The number of esters is 1. The van der Waals surface area contributed by atoms with Gasteiger partial charge >= 0.3 is 18.2 Å². The van der Waals surface area contributed by atoms with Gasteiger partial charge in [0.1, 0.15) is 5.56 Å². The predicted octanol–water partition coefficient (Wildman–Crippen LogP) is 2.11. The van der Waals surface area contributed by atoms with Crippen molar-refractivity contribution in [2.75, 3.05) is 13.7 Å². The van der Waals surface area contributed by atoms with E-state index in [0.29, 0.717) is 0 Å². The number of nitrogens with zero attached hydrogens (tertiary/aromatic N) is 2. The minimum absolute atomic E-state index is 0.0270. The maximum absolute atomic E-state index is 12.8. The molecule has 0 aliphatic heterocycles. The third kappa shape index (κ3) is 3.12. The molecule has 0 aliphatic carbocycles. The van der Waals surface area contributed by atoms with Gasteiger partial charge in [-0.25, -0.2) is 13.6 Å². The molecule has 0 fully saturated rings. The van der Waals surface area contributed by atoms with Crippen LogP contribution in [-0.2, 0) is 4.74 Å². The van der Waals surface area contributed by atoms with Crippen molar-refractivity contribution in [3.8, 4) is 5.75 Å². The lowest BCUT2D eigenvalue weighted by atomic mass is 10.2. The fourth-order valence-corrected chi connectivity index (χ4v) is 1.32. The van der Waals surface area contributed by atoms with E-state index in [1.807, 2.05) is 0 Å². The van der Waals surface area contributed by atoms with Crippen molar-refractivity contribution >= 4 is 11.8 Å². The Bertz CT molecular complexity index is 507. The first-order valence-corrected chi connectivity index (χ1v) is 5.10. The molecular formula is C10H10F2N2O5. The van der Waals surface area contributed by atoms with E-state index in [2.05, 4.69) is 14.5 Å². The summed E-state index contributed by atoms with van der Waals surface area (Å²) in [5.74, 6) is -2.32. The van der Waals surface area contributed by atoms with Crippen LogP contribution in [0.15, 0.2) is 6.07 Å². The summed E-state index contributed by atoms with van der Waals surface area (Å²) in [6.45, 7) is 1.47. The number of rotatable bonds is 5. The van der Waals surface area contributed by atoms with Crippen LogP contribution in [0.2, 0.25) is 0 Å². The minimum atomic E-state index is -3.15. The molecule has 0 unspecified atom stereocenters. The number of nitro groups is 1. The van der Waals surface area contributed by atoms with Crippen molar-refractivity contribution in [3.05, 3.63) is 27.4 Å². The summed E-state index contributed by atoms with van der Waals surface area (Å²) in [6.07, 6.45) is -3.15. The molecule has 104 valence electrons. The number of hydrogen-bond donors (Lipinski definition) is 0. The Morgan fingerprint density at radius 2 is 2.21 bits per heavy atom. The Morgan fingerprint density at radius 3 is 2.63 bits per heavy atom. The van der Waals surface area contributed by atoms with Gasteiger partial charge in [0.15, 0.2) is 0 Å². The van der Waals surface area contributed by atoms with Crippen LogP contribution in [0, 0.1) is 10.1 Å². The fraction of sp³-hybridized carbons (Fsp3) is 0.400. The lowest BCUT2D eigenvalue weighted by Crippen LogP contribution is -2.12. The summed E-state index contributed by atoms with van der Waals surface area (Å²) in [7, 11) is 1.10. The molecule has 0 aliphatic rings. The van der Waals surface area contributed by atoms with Gasteiger partial charge in [0, 0.05) is 6.07 Å². The van der Waals surface area contributed by atoms with Gasteiger partial charge in [-0.15, -0.1) is 0 Å². The van der Waals surface area contributed by atoms with E-state index in [1.165, 1.54) is 6.92 Å². The van der Waals surface area contributed by atoms with Crippen LogP contribution in [0.3, 0.4) is 0 Å². The van der Waals surface area contributed by atoms with Gasteiger partial charge in [-0.3, -0.25) is 0 Å². The van der Waals surface area contributed by atoms with Crippen LogP contribution < -0.4 is 4.74 Å². The molecular weight excluding hydrogens is 266 g/mol. The standard InChI is InChI=1S/C10H10F2N2O5/c1-3-19-10(15)5-4-6(18-2)9(14(16)17)13-7(5)8(11)12/h4,8H,3H2,1-2H3. The molecule has 0 aromatic carbocycles. The Hall–Kier alpha value is -2.32. The highest BCUT2D eigenvalue weighted by atomic mass is 19.3. The molecule has 0 bridgehead atoms. The maximum atomic E-state index is 12.8. The molecule has 7 nitrogen and oxygen atoms in total. The van der Waals surface area contributed by atoms with Crippen molar-refractivity contribution in [3.63, 3.8) is 0 Å². The summed E-state index contributed by atoms with van der Waals surface area (Å²) < 4.78 is 34.8. The normalized spacial score (nSPS) is 10.4. The number of ether oxygens (including phenoxy) is 2. The molecule has 0 atom stereocenters. The second-order valence-corrected chi connectivity index (χ2v) is 3.23. The van der Waals surface area contributed by atoms with E-state index in [1.54, 1.807) is 0 Å². The van der Waals surface area contributed by atoms with Crippen LogP contribution >= 0.6 is 0 Å². The highest BCUT2D eigenvalue weighted by Gasteiger charge is 2.31. The molecule has 19 heavy (non-hydrogen) atoms. The molecule has 1 aromatic heterocycles. The summed E-state index contributed by atoms with van der Waals surface area (Å²) in [5, 5.41) is 10.7. The van der Waals surface area contributed by atoms with Gasteiger partial charge in [-0.1, -0.05) is 0 Å². The first-order valence-electron chi connectivity index (χ1n) is 5.10. The predicted molar refractivity (Wildman–Crippen MR) is 58.4 cm³/mol. The lowest BCUT2D eigenvalue weighted by molar-refractivity contribution is -0.390. The van der Waals surface area contributed by atoms with Gasteiger partial charge in [-0.2, -0.15) is 0 Å². The van der Waals surface area contributed by atoms with E-state index in [9.17, 15) is 23.7 Å². The first-order chi connectivity index (χ1) is 8.92. The van der Waals surface area contributed by atoms with Crippen LogP contribution in [0.1, 0.15) is 29.4 Å². The third-order valence-corrected chi connectivity index (χ3v) is 2.09. The molecule has 0 spiro atoms. The van der Waals surface area contributed by atoms with Crippen molar-refractivity contribution in [1.29, 1.82) is 0 Å². The quantitative estimate of drug-likeness (QED) is 0.464. The van der Waals surface area contributed by atoms with Gasteiger partial charge in [0.25, 0.3) is 0 Å². The summed E-state index contributed by atoms with van der Waals surface area (Å²) in [4.78, 5) is 24.4. The average Bonchev–Trinajstić information content (AvgIpc) is 2.36. The second kappa shape index (κ2) is 6.03. The Morgan fingerprint density at radius 1 is 1.58 bits per heavy atom. The molecule has 0 N–H and O–H groups in total. The molecule has 0 radical (unpaired) electrons. The van der Waals surface area contributed by atoms with Gasteiger partial charge < -0.3 is 19.6 Å². The van der Waals surface area contributed by atoms with E-state index in [-0.39, 0.29) is 6.61 Å². The monoisotopic (exact) mass is 276 g/mol. The Kier molecular flexibility index (Phi) is 4.67. The third-order valence-electron chi connectivity index (χ3n) is 2.09. The van der Waals surface area contributed by atoms with Gasteiger partial charge in [-0.05, 0) is 16.8 Å². The molecule has 1 rings (SSSR count). The second-order valence-electron chi connectivity index (χ2n) is 3.23. The number of alkyl halides is 2. The number of halogens is 2. The van der Waals surface area contributed by atoms with Gasteiger partial charge in [0.05, 0.1) is 13.7 Å². The number of aromatic nitrogens is 1. The maximum Gasteiger partial charge on any atom is 0.406 e. The van der Waals surface area contributed by atoms with Crippen molar-refractivity contribution < 1.29 is 28.0 Å². The molecule has 1 heterocycles. The molecule has 0 amide bonds. The number of carbonyl (C=O) groups is 1. The summed E-state index contributed by atoms with van der Waals surface area (Å²) in [6, 6.07) is 0.824. The molecule has 0 saturated heterocycles. The largest absolute Gasteiger partial charge is 0.489 e. The first kappa shape index (κ1) is 14.7. The minimum Gasteiger partial charge on any atom is -0.489 e. The van der Waals surface area contributed by atoms with Crippen molar-refractivity contribution in [2.24, 2.45) is 0 Å². The number of hydrogen-bond acceptors (Lipinski definition) is 6. The van der Waals surface area contributed by atoms with Crippen LogP contribution in [0.4, 0.5) is 14.6 Å². The smallest absolute Gasteiger partial charge is 0.406 e. The van der Waals surface area contributed by atoms with Crippen molar-refractivity contribution in [1.82, 2.24) is 4.98 Å². The van der Waals surface area contributed by atoms with Crippen LogP contribution in [0.25, 0.3) is 0 Å². The van der Waals surface area contributed by atoms with E-state index < -0.39 is 40.1 Å². The van der Waals surface area contributed by atoms with E-state index >= 15 is 0 Å². The Labute approximate surface area is 106 Å². The highest BCUT2D eigenvalue weighted by molar-refractivity contribution is 5.91. The summed E-state index contributed by atoms with van der Waals surface area (Å²) >= 11 is 0. The van der Waals surface area contributed by atoms with Gasteiger partial charge in [0.2, 0.25) is 11.4 Å². The highest BCUT2D eigenvalue weighted by Crippen LogP contribution is 2.31. The van der Waals surface area contributed by atoms with Crippen LogP contribution in [0.5, 0.6) is 5.75 Å². The number of pyridine rings is 1. The lowest BCUT2D eigenvalue weighted by Gasteiger charge is -2.07. The molecule has 1 aromatic rings. The molecule has 9 heteroatoms. The zero-order valence-corrected chi connectivity index (χ0v) is 10.1. The fourth-order valence-electron chi connectivity index (χ4n) is 1.32. The van der Waals surface area contributed by atoms with E-state index in [0.717, 1.165) is 13.2 Å². The van der Waals surface area contributed by atoms with Crippen molar-refractivity contribution in [2.45, 2.75) is 13.3 Å². The summed E-state index contributed by atoms with van der Waals surface area (Å²) in [5.41, 5.74) is -1.56.